The summed E-state index contributed by atoms with van der Waals surface area (Å²) in [5.41, 5.74) is 0.486. The van der Waals surface area contributed by atoms with Gasteiger partial charge < -0.3 is 4.74 Å². The van der Waals surface area contributed by atoms with E-state index >= 15 is 0 Å². The summed E-state index contributed by atoms with van der Waals surface area (Å²) in [7, 11) is 5.33. The molecule has 1 aromatic carbocycles. The van der Waals surface area contributed by atoms with E-state index in [0.717, 1.165) is 0 Å². The molecule has 1 nitrogen and oxygen atoms in total. The summed E-state index contributed by atoms with van der Waals surface area (Å²) in [4.78, 5) is 0. The largest absolute Gasteiger partial charge is 0.484 e. The maximum absolute atomic E-state index is 11.7. The minimum atomic E-state index is -4.30. The van der Waals surface area contributed by atoms with Crippen molar-refractivity contribution < 1.29 is 17.9 Å². The van der Waals surface area contributed by atoms with E-state index in [1.807, 2.05) is 0 Å². The lowest BCUT2D eigenvalue weighted by atomic mass is 9.97. The van der Waals surface area contributed by atoms with Gasteiger partial charge in [-0.2, -0.15) is 13.2 Å². The third-order valence-electron chi connectivity index (χ3n) is 1.28. The first kappa shape index (κ1) is 9.96. The van der Waals surface area contributed by atoms with Crippen molar-refractivity contribution in [3.63, 3.8) is 0 Å². The molecule has 68 valence electrons. The van der Waals surface area contributed by atoms with Gasteiger partial charge in [0.05, 0.1) is 0 Å². The number of hydrogen-bond donors (Lipinski definition) is 0. The molecule has 0 amide bonds. The van der Waals surface area contributed by atoms with Gasteiger partial charge >= 0.3 is 6.18 Å². The van der Waals surface area contributed by atoms with Crippen molar-refractivity contribution in [1.82, 2.24) is 0 Å². The molecule has 0 aliphatic carbocycles. The van der Waals surface area contributed by atoms with Crippen LogP contribution in [0.15, 0.2) is 24.3 Å². The molecule has 0 atom stereocenters. The molecule has 0 saturated carbocycles. The molecule has 0 aromatic heterocycles. The molecule has 0 N–H and O–H groups in total. The molecule has 0 unspecified atom stereocenters. The zero-order valence-corrected chi connectivity index (χ0v) is 6.64. The summed E-state index contributed by atoms with van der Waals surface area (Å²) in [5, 5.41) is 0. The number of benzene rings is 1. The highest BCUT2D eigenvalue weighted by molar-refractivity contribution is 6.32. The van der Waals surface area contributed by atoms with E-state index in [1.54, 1.807) is 0 Å². The van der Waals surface area contributed by atoms with Crippen LogP contribution in [0.2, 0.25) is 0 Å². The minimum absolute atomic E-state index is 0.159. The fraction of sp³-hybridized carbons (Fsp3) is 0.250. The third kappa shape index (κ3) is 3.87. The van der Waals surface area contributed by atoms with Crippen molar-refractivity contribution >= 4 is 13.3 Å². The lowest BCUT2D eigenvalue weighted by Gasteiger charge is -2.08. The molecule has 0 aliphatic rings. The predicted octanol–water partition coefficient (Wildman–Crippen LogP) is 1.42. The fourth-order valence-electron chi connectivity index (χ4n) is 0.729. The highest BCUT2D eigenvalue weighted by Gasteiger charge is 2.28. The van der Waals surface area contributed by atoms with Crippen LogP contribution in [0.1, 0.15) is 0 Å². The molecular weight excluding hydrogens is 180 g/mol. The number of halogens is 3. The van der Waals surface area contributed by atoms with Crippen molar-refractivity contribution in [2.75, 3.05) is 6.61 Å². The van der Waals surface area contributed by atoms with E-state index in [0.29, 0.717) is 5.46 Å². The molecule has 2 radical (unpaired) electrons. The molecule has 13 heavy (non-hydrogen) atoms. The van der Waals surface area contributed by atoms with E-state index in [9.17, 15) is 13.2 Å². The van der Waals surface area contributed by atoms with Crippen molar-refractivity contribution in [3.8, 4) is 5.75 Å². The van der Waals surface area contributed by atoms with Gasteiger partial charge in [0.2, 0.25) is 0 Å². The number of ether oxygens (including phenoxy) is 1. The number of hydrogen-bond acceptors (Lipinski definition) is 1. The second-order valence-corrected chi connectivity index (χ2v) is 2.47. The van der Waals surface area contributed by atoms with Crippen molar-refractivity contribution in [3.05, 3.63) is 24.3 Å². The zero-order chi connectivity index (χ0) is 9.90. The quantitative estimate of drug-likeness (QED) is 0.634. The fourth-order valence-corrected chi connectivity index (χ4v) is 0.729. The maximum Gasteiger partial charge on any atom is 0.422 e. The molecule has 1 rings (SSSR count). The van der Waals surface area contributed by atoms with E-state index in [1.165, 1.54) is 24.3 Å². The molecular formula is C8H6BF3O. The van der Waals surface area contributed by atoms with Crippen molar-refractivity contribution in [1.29, 1.82) is 0 Å². The summed E-state index contributed by atoms with van der Waals surface area (Å²) in [5.74, 6) is 0.159. The lowest BCUT2D eigenvalue weighted by molar-refractivity contribution is -0.153. The lowest BCUT2D eigenvalue weighted by Crippen LogP contribution is -2.19. The second kappa shape index (κ2) is 3.72. The first-order chi connectivity index (χ1) is 5.97. The number of rotatable bonds is 2. The van der Waals surface area contributed by atoms with Gasteiger partial charge in [0.15, 0.2) is 6.61 Å². The average molecular weight is 186 g/mol. The topological polar surface area (TPSA) is 9.23 Å². The van der Waals surface area contributed by atoms with Crippen molar-refractivity contribution in [2.24, 2.45) is 0 Å². The van der Waals surface area contributed by atoms with Crippen LogP contribution in [-0.4, -0.2) is 20.6 Å². The molecule has 0 aliphatic heterocycles. The van der Waals surface area contributed by atoms with E-state index in [4.69, 9.17) is 7.85 Å². The highest BCUT2D eigenvalue weighted by Crippen LogP contribution is 2.17. The standard InChI is InChI=1S/C8H6BF3O/c9-6-1-3-7(4-2-6)13-5-8(10,11)12/h1-4H,5H2. The monoisotopic (exact) mass is 186 g/mol. The van der Waals surface area contributed by atoms with Gasteiger partial charge in [-0.25, -0.2) is 0 Å². The molecule has 0 spiro atoms. The molecule has 1 aromatic rings. The minimum Gasteiger partial charge on any atom is -0.484 e. The van der Waals surface area contributed by atoms with Gasteiger partial charge in [0.1, 0.15) is 13.6 Å². The van der Waals surface area contributed by atoms with Crippen LogP contribution >= 0.6 is 0 Å². The summed E-state index contributed by atoms with van der Waals surface area (Å²) < 4.78 is 39.5. The molecule has 0 bridgehead atoms. The Kier molecular flexibility index (Phi) is 2.85. The molecule has 0 fully saturated rings. The van der Waals surface area contributed by atoms with E-state index < -0.39 is 12.8 Å². The Morgan fingerprint density at radius 1 is 1.15 bits per heavy atom. The van der Waals surface area contributed by atoms with E-state index in [2.05, 4.69) is 4.74 Å². The van der Waals surface area contributed by atoms with Crippen LogP contribution in [-0.2, 0) is 0 Å². The Balaban J connectivity index is 2.51. The van der Waals surface area contributed by atoms with Crippen LogP contribution < -0.4 is 10.2 Å². The Morgan fingerprint density at radius 2 is 1.69 bits per heavy atom. The van der Waals surface area contributed by atoms with Gasteiger partial charge in [0, 0.05) is 0 Å². The summed E-state index contributed by atoms with van der Waals surface area (Å²) in [6, 6.07) is 5.74. The number of alkyl halides is 3. The second-order valence-electron chi connectivity index (χ2n) is 2.47. The van der Waals surface area contributed by atoms with Gasteiger partial charge in [-0.3, -0.25) is 0 Å². The van der Waals surface area contributed by atoms with Gasteiger partial charge in [-0.05, 0) is 12.1 Å². The van der Waals surface area contributed by atoms with E-state index in [-0.39, 0.29) is 5.75 Å². The molecule has 5 heteroatoms. The van der Waals surface area contributed by atoms with Gasteiger partial charge in [-0.1, -0.05) is 17.6 Å². The Morgan fingerprint density at radius 3 is 2.15 bits per heavy atom. The average Bonchev–Trinajstić information content (AvgIpc) is 2.02. The normalized spacial score (nSPS) is 11.3. The van der Waals surface area contributed by atoms with Crippen LogP contribution in [0.4, 0.5) is 13.2 Å². The first-order valence-electron chi connectivity index (χ1n) is 3.52. The Labute approximate surface area is 74.9 Å². The van der Waals surface area contributed by atoms with Gasteiger partial charge in [-0.15, -0.1) is 0 Å². The van der Waals surface area contributed by atoms with Crippen LogP contribution in [0.25, 0.3) is 0 Å². The van der Waals surface area contributed by atoms with Gasteiger partial charge in [0.25, 0.3) is 0 Å². The maximum atomic E-state index is 11.7. The molecule has 0 saturated heterocycles. The summed E-state index contributed by atoms with van der Waals surface area (Å²) >= 11 is 0. The Bertz CT molecular complexity index is 268. The Hall–Kier alpha value is -1.13. The predicted molar refractivity (Wildman–Crippen MR) is 43.4 cm³/mol. The molecule has 0 heterocycles. The van der Waals surface area contributed by atoms with Crippen molar-refractivity contribution in [2.45, 2.75) is 6.18 Å². The summed E-state index contributed by atoms with van der Waals surface area (Å²) in [6.45, 7) is -1.28. The van der Waals surface area contributed by atoms with Crippen LogP contribution in [0, 0.1) is 0 Å². The highest BCUT2D eigenvalue weighted by atomic mass is 19.4. The third-order valence-corrected chi connectivity index (χ3v) is 1.28. The van der Waals surface area contributed by atoms with Crippen LogP contribution in [0.5, 0.6) is 5.75 Å². The first-order valence-corrected chi connectivity index (χ1v) is 3.52. The SMILES string of the molecule is [B]c1ccc(OCC(F)(F)F)cc1. The van der Waals surface area contributed by atoms with Crippen LogP contribution in [0.3, 0.4) is 0 Å². The smallest absolute Gasteiger partial charge is 0.422 e. The summed E-state index contributed by atoms with van der Waals surface area (Å²) in [6.07, 6.45) is -4.30. The zero-order valence-electron chi connectivity index (χ0n) is 6.64.